The van der Waals surface area contributed by atoms with Crippen LogP contribution in [0.2, 0.25) is 0 Å². The van der Waals surface area contributed by atoms with Gasteiger partial charge >= 0.3 is 0 Å². The van der Waals surface area contributed by atoms with Crippen LogP contribution in [0.25, 0.3) is 11.0 Å². The van der Waals surface area contributed by atoms with Crippen LogP contribution in [-0.2, 0) is 0 Å². The number of carbonyl (C=O) groups is 1. The van der Waals surface area contributed by atoms with Crippen molar-refractivity contribution in [2.45, 2.75) is 33.7 Å². The Labute approximate surface area is 180 Å². The van der Waals surface area contributed by atoms with Gasteiger partial charge in [0.25, 0.3) is 5.91 Å². The Bertz CT molecular complexity index is 1420. The first kappa shape index (κ1) is 19.2. The number of amides is 1. The first-order valence-corrected chi connectivity index (χ1v) is 10.3. The highest BCUT2D eigenvalue weighted by Gasteiger charge is 2.44. The molecular weight excluding hydrogens is 388 g/mol. The van der Waals surface area contributed by atoms with E-state index in [9.17, 15) is 9.59 Å². The van der Waals surface area contributed by atoms with Crippen LogP contribution in [-0.4, -0.2) is 10.9 Å². The Balaban J connectivity index is 1.83. The zero-order valence-electron chi connectivity index (χ0n) is 17.9. The molecule has 3 heterocycles. The standard InChI is InChI=1S/C26H22N2O3/c1-14-8-10-18(11-9-14)23-22-24(29)19-12-15(2)16(3)13-20(19)31-25(22)26(30)28(23)21-7-5-6-17(4)27-21/h5-13,23H,1-4H3/t23-/m0/s1. The molecule has 1 aliphatic rings. The number of pyridine rings is 1. The van der Waals surface area contributed by atoms with Crippen LogP contribution >= 0.6 is 0 Å². The van der Waals surface area contributed by atoms with Gasteiger partial charge in [-0.2, -0.15) is 0 Å². The Morgan fingerprint density at radius 3 is 2.32 bits per heavy atom. The van der Waals surface area contributed by atoms with Gasteiger partial charge in [0.2, 0.25) is 5.76 Å². The van der Waals surface area contributed by atoms with E-state index in [-0.39, 0.29) is 17.1 Å². The fourth-order valence-electron chi connectivity index (χ4n) is 4.19. The summed E-state index contributed by atoms with van der Waals surface area (Å²) in [5.41, 5.74) is 5.38. The zero-order valence-corrected chi connectivity index (χ0v) is 17.9. The molecule has 5 nitrogen and oxygen atoms in total. The zero-order chi connectivity index (χ0) is 21.9. The van der Waals surface area contributed by atoms with Crippen molar-refractivity contribution in [3.63, 3.8) is 0 Å². The fourth-order valence-corrected chi connectivity index (χ4v) is 4.19. The second-order valence-corrected chi connectivity index (χ2v) is 8.23. The molecule has 0 saturated carbocycles. The molecule has 0 saturated heterocycles. The van der Waals surface area contributed by atoms with Gasteiger partial charge in [0.15, 0.2) is 5.43 Å². The second-order valence-electron chi connectivity index (χ2n) is 8.23. The van der Waals surface area contributed by atoms with E-state index in [0.29, 0.717) is 22.4 Å². The quantitative estimate of drug-likeness (QED) is 0.457. The van der Waals surface area contributed by atoms with E-state index < -0.39 is 6.04 Å². The van der Waals surface area contributed by atoms with Gasteiger partial charge in [-0.3, -0.25) is 14.5 Å². The summed E-state index contributed by atoms with van der Waals surface area (Å²) >= 11 is 0. The maximum atomic E-state index is 13.7. The molecule has 2 aromatic heterocycles. The van der Waals surface area contributed by atoms with Gasteiger partial charge in [0, 0.05) is 5.69 Å². The molecule has 5 heteroatoms. The molecule has 5 rings (SSSR count). The van der Waals surface area contributed by atoms with Gasteiger partial charge < -0.3 is 4.42 Å². The maximum Gasteiger partial charge on any atom is 0.296 e. The molecule has 0 aliphatic carbocycles. The van der Waals surface area contributed by atoms with Gasteiger partial charge in [-0.1, -0.05) is 35.9 Å². The molecular formula is C26H22N2O3. The molecule has 0 N–H and O–H groups in total. The predicted octanol–water partition coefficient (Wildman–Crippen LogP) is 5.17. The highest BCUT2D eigenvalue weighted by Crippen LogP contribution is 2.40. The normalized spacial score (nSPS) is 15.5. The third-order valence-electron chi connectivity index (χ3n) is 6.00. The number of carbonyl (C=O) groups excluding carboxylic acids is 1. The van der Waals surface area contributed by atoms with E-state index in [4.69, 9.17) is 4.42 Å². The summed E-state index contributed by atoms with van der Waals surface area (Å²) in [6.07, 6.45) is 0. The summed E-state index contributed by atoms with van der Waals surface area (Å²) in [6, 6.07) is 16.5. The van der Waals surface area contributed by atoms with E-state index in [2.05, 4.69) is 4.98 Å². The Morgan fingerprint density at radius 2 is 1.61 bits per heavy atom. The molecule has 0 spiro atoms. The van der Waals surface area contributed by atoms with E-state index >= 15 is 0 Å². The lowest BCUT2D eigenvalue weighted by atomic mass is 9.97. The molecule has 1 amide bonds. The summed E-state index contributed by atoms with van der Waals surface area (Å²) in [6.45, 7) is 7.81. The molecule has 4 aromatic rings. The van der Waals surface area contributed by atoms with Gasteiger partial charge in [0.05, 0.1) is 17.0 Å². The number of hydrogen-bond acceptors (Lipinski definition) is 4. The molecule has 31 heavy (non-hydrogen) atoms. The average Bonchev–Trinajstić information content (AvgIpc) is 3.03. The first-order chi connectivity index (χ1) is 14.8. The lowest BCUT2D eigenvalue weighted by Crippen LogP contribution is -2.30. The average molecular weight is 410 g/mol. The van der Waals surface area contributed by atoms with Crippen molar-refractivity contribution < 1.29 is 9.21 Å². The third kappa shape index (κ3) is 2.96. The minimum absolute atomic E-state index is 0.0923. The summed E-state index contributed by atoms with van der Waals surface area (Å²) in [4.78, 5) is 33.4. The number of rotatable bonds is 2. The highest BCUT2D eigenvalue weighted by atomic mass is 16.3. The van der Waals surface area contributed by atoms with Crippen LogP contribution in [0.4, 0.5) is 5.82 Å². The summed E-state index contributed by atoms with van der Waals surface area (Å²) in [7, 11) is 0. The summed E-state index contributed by atoms with van der Waals surface area (Å²) in [5, 5.41) is 0.491. The highest BCUT2D eigenvalue weighted by molar-refractivity contribution is 6.10. The first-order valence-electron chi connectivity index (χ1n) is 10.3. The largest absolute Gasteiger partial charge is 0.450 e. The molecule has 154 valence electrons. The van der Waals surface area contributed by atoms with E-state index in [1.807, 2.05) is 76.2 Å². The number of benzene rings is 2. The topological polar surface area (TPSA) is 63.4 Å². The molecule has 1 atom stereocenters. The van der Waals surface area contributed by atoms with E-state index in [1.54, 1.807) is 11.0 Å². The van der Waals surface area contributed by atoms with Crippen LogP contribution in [0.5, 0.6) is 0 Å². The van der Waals surface area contributed by atoms with Crippen LogP contribution in [0.1, 0.15) is 50.1 Å². The molecule has 1 aliphatic heterocycles. The molecule has 0 bridgehead atoms. The van der Waals surface area contributed by atoms with Crippen molar-refractivity contribution in [2.75, 3.05) is 4.90 Å². The maximum absolute atomic E-state index is 13.7. The summed E-state index contributed by atoms with van der Waals surface area (Å²) < 4.78 is 6.07. The van der Waals surface area contributed by atoms with Crippen molar-refractivity contribution in [3.8, 4) is 0 Å². The number of aromatic nitrogens is 1. The molecule has 2 aromatic carbocycles. The number of nitrogens with zero attached hydrogens (tertiary/aromatic N) is 2. The minimum Gasteiger partial charge on any atom is -0.450 e. The SMILES string of the molecule is Cc1ccc([C@H]2c3c(oc4cc(C)c(C)cc4c3=O)C(=O)N2c2cccc(C)n2)cc1. The van der Waals surface area contributed by atoms with Gasteiger partial charge in [0.1, 0.15) is 11.4 Å². The summed E-state index contributed by atoms with van der Waals surface area (Å²) in [5.74, 6) is 0.239. The van der Waals surface area contributed by atoms with Crippen LogP contribution < -0.4 is 10.3 Å². The Kier molecular flexibility index (Phi) is 4.29. The van der Waals surface area contributed by atoms with E-state index in [1.165, 1.54) is 0 Å². The van der Waals surface area contributed by atoms with Crippen LogP contribution in [0, 0.1) is 27.7 Å². The van der Waals surface area contributed by atoms with Crippen molar-refractivity contribution in [3.05, 3.63) is 104 Å². The van der Waals surface area contributed by atoms with Crippen LogP contribution in [0.15, 0.2) is 63.8 Å². The van der Waals surface area contributed by atoms with Crippen LogP contribution in [0.3, 0.4) is 0 Å². The van der Waals surface area contributed by atoms with Crippen molar-refractivity contribution >= 4 is 22.7 Å². The fraction of sp³-hybridized carbons (Fsp3) is 0.192. The number of anilines is 1. The lowest BCUT2D eigenvalue weighted by molar-refractivity contribution is 0.0970. The lowest BCUT2D eigenvalue weighted by Gasteiger charge is -2.24. The smallest absolute Gasteiger partial charge is 0.296 e. The monoisotopic (exact) mass is 410 g/mol. The number of hydrogen-bond donors (Lipinski definition) is 0. The third-order valence-corrected chi connectivity index (χ3v) is 6.00. The van der Waals surface area contributed by atoms with Crippen molar-refractivity contribution in [1.82, 2.24) is 4.98 Å². The van der Waals surface area contributed by atoms with E-state index in [0.717, 1.165) is 27.9 Å². The predicted molar refractivity (Wildman–Crippen MR) is 121 cm³/mol. The van der Waals surface area contributed by atoms with Crippen molar-refractivity contribution in [1.29, 1.82) is 0 Å². The second kappa shape index (κ2) is 6.91. The molecule has 0 fully saturated rings. The van der Waals surface area contributed by atoms with Gasteiger partial charge in [-0.05, 0) is 68.7 Å². The Morgan fingerprint density at radius 1 is 0.903 bits per heavy atom. The molecule has 0 unspecified atom stereocenters. The minimum atomic E-state index is -0.598. The number of fused-ring (bicyclic) bond motifs is 2. The molecule has 0 radical (unpaired) electrons. The number of aryl methyl sites for hydroxylation is 4. The van der Waals surface area contributed by atoms with Gasteiger partial charge in [-0.15, -0.1) is 0 Å². The Hall–Kier alpha value is -3.73. The van der Waals surface area contributed by atoms with Crippen molar-refractivity contribution in [2.24, 2.45) is 0 Å². The van der Waals surface area contributed by atoms with Gasteiger partial charge in [-0.25, -0.2) is 4.98 Å².